The summed E-state index contributed by atoms with van der Waals surface area (Å²) in [5, 5.41) is 10.0. The minimum Gasteiger partial charge on any atom is -0.494 e. The van der Waals surface area contributed by atoms with Gasteiger partial charge in [-0.05, 0) is 38.1 Å². The number of H-pyrrole nitrogens is 2. The fourth-order valence-electron chi connectivity index (χ4n) is 2.67. The molecule has 0 aliphatic heterocycles. The monoisotopic (exact) mass is 308 g/mol. The number of benzene rings is 1. The van der Waals surface area contributed by atoms with Crippen molar-refractivity contribution in [2.75, 3.05) is 13.1 Å². The number of quaternary nitrogens is 1. The molecule has 6 nitrogen and oxygen atoms in total. The van der Waals surface area contributed by atoms with Crippen LogP contribution in [0.5, 0.6) is 5.88 Å². The summed E-state index contributed by atoms with van der Waals surface area (Å²) >= 11 is 0. The molecule has 2 rings (SSSR count). The maximum Gasteiger partial charge on any atom is 0.328 e. The molecular weight excluding hydrogens is 289 g/mol. The van der Waals surface area contributed by atoms with E-state index in [1.807, 2.05) is 13.8 Å². The molecule has 0 aliphatic carbocycles. The molecule has 118 valence electrons. The van der Waals surface area contributed by atoms with Crippen LogP contribution in [0.15, 0.2) is 33.9 Å². The standard InChI is InChI=1S/C15H18FN3O3/c1-3-19(4-2)12(9-5-7-10(16)8-6-9)11-13(20)17-15(22)18-14(11)21/h5-8,12H,3-4H2,1-2H3,(H3,17,18,20,21,22)/p+1. The first-order chi connectivity index (χ1) is 10.5. The Kier molecular flexibility index (Phi) is 4.77. The van der Waals surface area contributed by atoms with Crippen LogP contribution < -0.4 is 16.1 Å². The molecule has 0 amide bonds. The molecule has 0 bridgehead atoms. The van der Waals surface area contributed by atoms with Crippen LogP contribution in [0.1, 0.15) is 31.0 Å². The molecule has 1 aromatic carbocycles. The van der Waals surface area contributed by atoms with Crippen LogP contribution in [0.25, 0.3) is 0 Å². The third kappa shape index (κ3) is 3.09. The van der Waals surface area contributed by atoms with Gasteiger partial charge < -0.3 is 10.0 Å². The second-order valence-corrected chi connectivity index (χ2v) is 5.02. The van der Waals surface area contributed by atoms with Gasteiger partial charge >= 0.3 is 5.69 Å². The first kappa shape index (κ1) is 16.0. The summed E-state index contributed by atoms with van der Waals surface area (Å²) in [7, 11) is 0. The smallest absolute Gasteiger partial charge is 0.328 e. The highest BCUT2D eigenvalue weighted by Gasteiger charge is 2.30. The topological polar surface area (TPSA) is 90.4 Å². The van der Waals surface area contributed by atoms with Crippen molar-refractivity contribution in [3.63, 3.8) is 0 Å². The van der Waals surface area contributed by atoms with Gasteiger partial charge in [-0.2, -0.15) is 0 Å². The molecule has 0 spiro atoms. The Morgan fingerprint density at radius 3 is 2.23 bits per heavy atom. The summed E-state index contributed by atoms with van der Waals surface area (Å²) in [6, 6.07) is 5.27. The summed E-state index contributed by atoms with van der Waals surface area (Å²) in [5.41, 5.74) is -0.647. The predicted molar refractivity (Wildman–Crippen MR) is 79.6 cm³/mol. The van der Waals surface area contributed by atoms with E-state index in [2.05, 4.69) is 9.97 Å². The molecular formula is C15H19FN3O3+. The highest BCUT2D eigenvalue weighted by atomic mass is 19.1. The average molecular weight is 308 g/mol. The minimum absolute atomic E-state index is 0.0740. The van der Waals surface area contributed by atoms with E-state index in [9.17, 15) is 19.1 Å². The quantitative estimate of drug-likeness (QED) is 0.623. The lowest BCUT2D eigenvalue weighted by Gasteiger charge is -2.26. The average Bonchev–Trinajstić information content (AvgIpc) is 2.47. The van der Waals surface area contributed by atoms with Gasteiger partial charge in [0.05, 0.1) is 13.1 Å². The zero-order valence-electron chi connectivity index (χ0n) is 12.4. The Hall–Kier alpha value is -2.41. The van der Waals surface area contributed by atoms with E-state index in [0.717, 1.165) is 4.90 Å². The molecule has 0 saturated carbocycles. The van der Waals surface area contributed by atoms with Crippen LogP contribution in [-0.2, 0) is 0 Å². The maximum absolute atomic E-state index is 13.2. The van der Waals surface area contributed by atoms with Crippen molar-refractivity contribution < 1.29 is 14.4 Å². The molecule has 0 aliphatic rings. The van der Waals surface area contributed by atoms with E-state index in [-0.39, 0.29) is 11.4 Å². The molecule has 0 radical (unpaired) electrons. The normalized spacial score (nSPS) is 12.5. The van der Waals surface area contributed by atoms with Crippen LogP contribution in [0.3, 0.4) is 0 Å². The van der Waals surface area contributed by atoms with E-state index >= 15 is 0 Å². The molecule has 1 aromatic heterocycles. The molecule has 7 heteroatoms. The molecule has 0 fully saturated rings. The van der Waals surface area contributed by atoms with Gasteiger partial charge in [-0.25, -0.2) is 9.18 Å². The molecule has 2 aromatic rings. The second kappa shape index (κ2) is 6.57. The van der Waals surface area contributed by atoms with Crippen LogP contribution in [-0.4, -0.2) is 28.2 Å². The molecule has 4 N–H and O–H groups in total. The number of hydrogen-bond acceptors (Lipinski definition) is 3. The highest BCUT2D eigenvalue weighted by molar-refractivity contribution is 5.33. The Morgan fingerprint density at radius 1 is 1.14 bits per heavy atom. The van der Waals surface area contributed by atoms with Crippen molar-refractivity contribution in [1.29, 1.82) is 0 Å². The molecule has 1 unspecified atom stereocenters. The summed E-state index contributed by atoms with van der Waals surface area (Å²) in [6.45, 7) is 5.28. The fourth-order valence-corrected chi connectivity index (χ4v) is 2.67. The van der Waals surface area contributed by atoms with E-state index in [1.165, 1.54) is 12.1 Å². The number of hydrogen-bond donors (Lipinski definition) is 4. The van der Waals surface area contributed by atoms with Crippen molar-refractivity contribution in [3.8, 4) is 5.88 Å². The van der Waals surface area contributed by atoms with Gasteiger partial charge in [-0.3, -0.25) is 14.8 Å². The van der Waals surface area contributed by atoms with Crippen molar-refractivity contribution in [2.45, 2.75) is 19.9 Å². The molecule has 22 heavy (non-hydrogen) atoms. The van der Waals surface area contributed by atoms with E-state index in [4.69, 9.17) is 0 Å². The molecule has 1 heterocycles. The van der Waals surface area contributed by atoms with Gasteiger partial charge in [0, 0.05) is 5.56 Å². The summed E-state index contributed by atoms with van der Waals surface area (Å²) in [6.07, 6.45) is 0. The van der Waals surface area contributed by atoms with Crippen LogP contribution in [0.4, 0.5) is 4.39 Å². The van der Waals surface area contributed by atoms with Crippen LogP contribution >= 0.6 is 0 Å². The SMILES string of the molecule is CC[NH+](CC)C(c1ccc(F)cc1)c1c(O)[nH]c(=O)[nH]c1=O. The fraction of sp³-hybridized carbons (Fsp3) is 0.333. The van der Waals surface area contributed by atoms with Crippen LogP contribution in [0.2, 0.25) is 0 Å². The highest BCUT2D eigenvalue weighted by Crippen LogP contribution is 2.21. The van der Waals surface area contributed by atoms with Gasteiger partial charge in [0.15, 0.2) is 0 Å². The predicted octanol–water partition coefficient (Wildman–Crippen LogP) is -0.0780. The number of rotatable bonds is 5. The van der Waals surface area contributed by atoms with Gasteiger partial charge in [-0.1, -0.05) is 0 Å². The minimum atomic E-state index is -0.765. The van der Waals surface area contributed by atoms with Gasteiger partial charge in [0.2, 0.25) is 5.88 Å². The summed E-state index contributed by atoms with van der Waals surface area (Å²) in [4.78, 5) is 28.7. The van der Waals surface area contributed by atoms with Crippen molar-refractivity contribution >= 4 is 0 Å². The van der Waals surface area contributed by atoms with Crippen molar-refractivity contribution in [2.24, 2.45) is 0 Å². The maximum atomic E-state index is 13.2. The third-order valence-corrected chi connectivity index (χ3v) is 3.77. The third-order valence-electron chi connectivity index (χ3n) is 3.77. The van der Waals surface area contributed by atoms with Gasteiger partial charge in [-0.15, -0.1) is 0 Å². The number of halogens is 1. The Bertz CT molecular complexity index is 748. The molecule has 1 atom stereocenters. The Labute approximate surface area is 126 Å². The first-order valence-electron chi connectivity index (χ1n) is 7.13. The first-order valence-corrected chi connectivity index (χ1v) is 7.13. The Balaban J connectivity index is 2.66. The van der Waals surface area contributed by atoms with E-state index in [0.29, 0.717) is 18.7 Å². The van der Waals surface area contributed by atoms with Crippen molar-refractivity contribution in [3.05, 3.63) is 62.0 Å². The number of aromatic nitrogens is 2. The van der Waals surface area contributed by atoms with E-state index < -0.39 is 23.2 Å². The van der Waals surface area contributed by atoms with Gasteiger partial charge in [0.1, 0.15) is 17.4 Å². The molecule has 0 saturated heterocycles. The zero-order chi connectivity index (χ0) is 16.3. The second-order valence-electron chi connectivity index (χ2n) is 5.02. The number of nitrogens with one attached hydrogen (secondary N) is 3. The van der Waals surface area contributed by atoms with Gasteiger partial charge in [0.25, 0.3) is 5.56 Å². The zero-order valence-corrected chi connectivity index (χ0v) is 12.4. The van der Waals surface area contributed by atoms with Crippen molar-refractivity contribution in [1.82, 2.24) is 9.97 Å². The summed E-state index contributed by atoms with van der Waals surface area (Å²) < 4.78 is 13.2. The summed E-state index contributed by atoms with van der Waals surface area (Å²) in [5.74, 6) is -0.834. The Morgan fingerprint density at radius 2 is 1.73 bits per heavy atom. The lowest BCUT2D eigenvalue weighted by Crippen LogP contribution is -3.12. The lowest BCUT2D eigenvalue weighted by molar-refractivity contribution is -0.922. The lowest BCUT2D eigenvalue weighted by atomic mass is 9.98. The van der Waals surface area contributed by atoms with E-state index in [1.54, 1.807) is 12.1 Å². The largest absolute Gasteiger partial charge is 0.494 e. The number of aromatic amines is 2. The van der Waals surface area contributed by atoms with Crippen LogP contribution in [0, 0.1) is 5.82 Å². The number of aromatic hydroxyl groups is 1.